The smallest absolute Gasteiger partial charge is 0.275 e. The highest BCUT2D eigenvalue weighted by atomic mass is 32.1. The van der Waals surface area contributed by atoms with E-state index in [4.69, 9.17) is 4.74 Å². The molecule has 1 fully saturated rings. The summed E-state index contributed by atoms with van der Waals surface area (Å²) in [6.07, 6.45) is 2.17. The van der Waals surface area contributed by atoms with Crippen LogP contribution in [0, 0.1) is 0 Å². The molecule has 0 saturated carbocycles. The van der Waals surface area contributed by atoms with Gasteiger partial charge in [0.1, 0.15) is 0 Å². The van der Waals surface area contributed by atoms with Gasteiger partial charge in [-0.05, 0) is 42.1 Å². The summed E-state index contributed by atoms with van der Waals surface area (Å²) in [5, 5.41) is 5.61. The predicted octanol–water partition coefficient (Wildman–Crippen LogP) is 2.43. The van der Waals surface area contributed by atoms with Gasteiger partial charge in [-0.1, -0.05) is 16.6 Å². The van der Waals surface area contributed by atoms with Crippen molar-refractivity contribution < 1.29 is 9.53 Å². The standard InChI is InChI=1S/C17H22N4O2S/c1-20(2)14-7-5-13(6-8-14)10-21(11-15-4-3-9-23-15)17(22)16-12-24-19-18-16/h5-8,12,15H,3-4,9-11H2,1-2H3/t15-/m1/s1. The van der Waals surface area contributed by atoms with Crippen LogP contribution in [0.25, 0.3) is 0 Å². The van der Waals surface area contributed by atoms with E-state index in [1.54, 1.807) is 5.38 Å². The second kappa shape index (κ2) is 7.72. The van der Waals surface area contributed by atoms with Crippen LogP contribution < -0.4 is 4.90 Å². The van der Waals surface area contributed by atoms with E-state index in [1.165, 1.54) is 11.5 Å². The summed E-state index contributed by atoms with van der Waals surface area (Å²) in [7, 11) is 4.02. The van der Waals surface area contributed by atoms with Crippen LogP contribution >= 0.6 is 11.5 Å². The highest BCUT2D eigenvalue weighted by Crippen LogP contribution is 2.18. The molecule has 1 amide bonds. The normalized spacial score (nSPS) is 17.0. The molecule has 2 aromatic rings. The molecule has 1 aliphatic rings. The number of anilines is 1. The Balaban J connectivity index is 1.74. The molecule has 24 heavy (non-hydrogen) atoms. The van der Waals surface area contributed by atoms with E-state index >= 15 is 0 Å². The van der Waals surface area contributed by atoms with Crippen LogP contribution in [0.4, 0.5) is 5.69 Å². The number of rotatable bonds is 6. The molecule has 6 nitrogen and oxygen atoms in total. The first kappa shape index (κ1) is 16.9. The Morgan fingerprint density at radius 2 is 2.12 bits per heavy atom. The van der Waals surface area contributed by atoms with Crippen molar-refractivity contribution in [1.82, 2.24) is 14.5 Å². The summed E-state index contributed by atoms with van der Waals surface area (Å²) >= 11 is 1.19. The van der Waals surface area contributed by atoms with Gasteiger partial charge in [-0.15, -0.1) is 5.10 Å². The van der Waals surface area contributed by atoms with Crippen molar-refractivity contribution >= 4 is 23.1 Å². The van der Waals surface area contributed by atoms with Gasteiger partial charge in [0, 0.05) is 44.9 Å². The van der Waals surface area contributed by atoms with Gasteiger partial charge >= 0.3 is 0 Å². The molecular weight excluding hydrogens is 324 g/mol. The first-order valence-corrected chi connectivity index (χ1v) is 8.91. The Morgan fingerprint density at radius 3 is 2.71 bits per heavy atom. The molecule has 128 valence electrons. The maximum Gasteiger partial charge on any atom is 0.275 e. The molecule has 2 heterocycles. The SMILES string of the molecule is CN(C)c1ccc(CN(C[C@H]2CCCO2)C(=O)c2csnn2)cc1. The Labute approximate surface area is 146 Å². The predicted molar refractivity (Wildman–Crippen MR) is 94.4 cm³/mol. The fourth-order valence-electron chi connectivity index (χ4n) is 2.79. The average Bonchev–Trinajstić information content (AvgIpc) is 3.28. The first-order chi connectivity index (χ1) is 11.6. The van der Waals surface area contributed by atoms with Crippen molar-refractivity contribution in [3.8, 4) is 0 Å². The molecule has 1 saturated heterocycles. The summed E-state index contributed by atoms with van der Waals surface area (Å²) < 4.78 is 9.51. The van der Waals surface area contributed by atoms with Crippen molar-refractivity contribution in [2.45, 2.75) is 25.5 Å². The monoisotopic (exact) mass is 346 g/mol. The number of carbonyl (C=O) groups excluding carboxylic acids is 1. The summed E-state index contributed by atoms with van der Waals surface area (Å²) in [6.45, 7) is 1.91. The van der Waals surface area contributed by atoms with E-state index < -0.39 is 0 Å². The zero-order valence-corrected chi connectivity index (χ0v) is 14.8. The minimum atomic E-state index is -0.0871. The van der Waals surface area contributed by atoms with Crippen LogP contribution in [-0.4, -0.2) is 53.7 Å². The van der Waals surface area contributed by atoms with E-state index in [-0.39, 0.29) is 12.0 Å². The van der Waals surface area contributed by atoms with E-state index in [9.17, 15) is 4.79 Å². The van der Waals surface area contributed by atoms with Crippen LogP contribution in [0.3, 0.4) is 0 Å². The van der Waals surface area contributed by atoms with Gasteiger partial charge in [0.2, 0.25) is 0 Å². The molecule has 0 N–H and O–H groups in total. The number of benzene rings is 1. The molecule has 1 aromatic heterocycles. The third-order valence-electron chi connectivity index (χ3n) is 4.14. The number of hydrogen-bond donors (Lipinski definition) is 0. The zero-order valence-electron chi connectivity index (χ0n) is 14.0. The molecule has 0 spiro atoms. The van der Waals surface area contributed by atoms with Gasteiger partial charge < -0.3 is 14.5 Å². The highest BCUT2D eigenvalue weighted by molar-refractivity contribution is 7.03. The third kappa shape index (κ3) is 4.10. The van der Waals surface area contributed by atoms with Crippen molar-refractivity contribution in [2.24, 2.45) is 0 Å². The fraction of sp³-hybridized carbons (Fsp3) is 0.471. The second-order valence-corrected chi connectivity index (χ2v) is 6.78. The van der Waals surface area contributed by atoms with Crippen LogP contribution in [-0.2, 0) is 11.3 Å². The number of aromatic nitrogens is 2. The Hall–Kier alpha value is -1.99. The van der Waals surface area contributed by atoms with E-state index in [0.29, 0.717) is 18.8 Å². The maximum absolute atomic E-state index is 12.7. The van der Waals surface area contributed by atoms with Crippen LogP contribution in [0.1, 0.15) is 28.9 Å². The fourth-order valence-corrected chi connectivity index (χ4v) is 3.22. The largest absolute Gasteiger partial charge is 0.378 e. The highest BCUT2D eigenvalue weighted by Gasteiger charge is 2.25. The van der Waals surface area contributed by atoms with Crippen molar-refractivity contribution in [3.05, 3.63) is 40.9 Å². The summed E-state index contributed by atoms with van der Waals surface area (Å²) in [5.41, 5.74) is 2.64. The van der Waals surface area contributed by atoms with Crippen molar-refractivity contribution in [1.29, 1.82) is 0 Å². The number of amides is 1. The summed E-state index contributed by atoms with van der Waals surface area (Å²) in [5.74, 6) is -0.0871. The molecular formula is C17H22N4O2S. The molecule has 1 aliphatic heterocycles. The van der Waals surface area contributed by atoms with Gasteiger partial charge in [-0.3, -0.25) is 4.79 Å². The number of nitrogens with zero attached hydrogens (tertiary/aromatic N) is 4. The van der Waals surface area contributed by atoms with Gasteiger partial charge in [-0.25, -0.2) is 0 Å². The Kier molecular flexibility index (Phi) is 5.42. The summed E-state index contributed by atoms with van der Waals surface area (Å²) in [6, 6.07) is 8.25. The maximum atomic E-state index is 12.7. The summed E-state index contributed by atoms with van der Waals surface area (Å²) in [4.78, 5) is 16.6. The Morgan fingerprint density at radius 1 is 1.33 bits per heavy atom. The number of hydrogen-bond acceptors (Lipinski definition) is 6. The average molecular weight is 346 g/mol. The van der Waals surface area contributed by atoms with E-state index in [1.807, 2.05) is 19.0 Å². The quantitative estimate of drug-likeness (QED) is 0.804. The number of carbonyl (C=O) groups is 1. The first-order valence-electron chi connectivity index (χ1n) is 8.07. The van der Waals surface area contributed by atoms with Gasteiger partial charge in [0.05, 0.1) is 6.10 Å². The van der Waals surface area contributed by atoms with E-state index in [2.05, 4.69) is 38.8 Å². The minimum Gasteiger partial charge on any atom is -0.378 e. The molecule has 1 atom stereocenters. The molecule has 1 aromatic carbocycles. The lowest BCUT2D eigenvalue weighted by atomic mass is 10.1. The van der Waals surface area contributed by atoms with Crippen LogP contribution in [0.2, 0.25) is 0 Å². The van der Waals surface area contributed by atoms with Gasteiger partial charge in [-0.2, -0.15) is 0 Å². The number of ether oxygens (including phenoxy) is 1. The van der Waals surface area contributed by atoms with Crippen LogP contribution in [0.5, 0.6) is 0 Å². The Bertz CT molecular complexity index is 652. The molecule has 0 radical (unpaired) electrons. The topological polar surface area (TPSA) is 58.6 Å². The third-order valence-corrected chi connectivity index (χ3v) is 4.65. The van der Waals surface area contributed by atoms with Crippen molar-refractivity contribution in [2.75, 3.05) is 32.1 Å². The lowest BCUT2D eigenvalue weighted by molar-refractivity contribution is 0.0503. The molecule has 0 unspecified atom stereocenters. The zero-order chi connectivity index (χ0) is 16.9. The second-order valence-electron chi connectivity index (χ2n) is 6.17. The minimum absolute atomic E-state index is 0.0871. The van der Waals surface area contributed by atoms with Gasteiger partial charge in [0.15, 0.2) is 5.69 Å². The van der Waals surface area contributed by atoms with Gasteiger partial charge in [0.25, 0.3) is 5.91 Å². The van der Waals surface area contributed by atoms with Crippen LogP contribution in [0.15, 0.2) is 29.6 Å². The molecule has 7 heteroatoms. The lowest BCUT2D eigenvalue weighted by Gasteiger charge is -2.25. The van der Waals surface area contributed by atoms with Crippen molar-refractivity contribution in [3.63, 3.8) is 0 Å². The van der Waals surface area contributed by atoms with E-state index in [0.717, 1.165) is 30.7 Å². The molecule has 0 aliphatic carbocycles. The lowest BCUT2D eigenvalue weighted by Crippen LogP contribution is -2.37. The molecule has 3 rings (SSSR count). The molecule has 0 bridgehead atoms.